The van der Waals surface area contributed by atoms with E-state index >= 15 is 0 Å². The lowest BCUT2D eigenvalue weighted by molar-refractivity contribution is 0.0698. The normalized spacial score (nSPS) is 16.6. The zero-order chi connectivity index (χ0) is 23.0. The maximum absolute atomic E-state index is 13.2. The number of carbonyl (C=O) groups is 1. The van der Waals surface area contributed by atoms with Crippen molar-refractivity contribution in [2.24, 2.45) is 0 Å². The number of amides is 1. The molecule has 9 nitrogen and oxygen atoms in total. The number of H-pyrrole nitrogens is 1. The third-order valence-electron chi connectivity index (χ3n) is 5.89. The second-order valence-corrected chi connectivity index (χ2v) is 9.96. The van der Waals surface area contributed by atoms with Crippen LogP contribution in [0.15, 0.2) is 53.6 Å². The SMILES string of the molecule is Cc1ccc(S(=O)(=O)N2CCN(C(=O)c3cn[nH]c3-c3ccc4c(c3)OCCO4)CC2)cc1. The van der Waals surface area contributed by atoms with Crippen molar-refractivity contribution in [1.82, 2.24) is 19.4 Å². The number of sulfonamides is 1. The molecule has 3 heterocycles. The predicted molar refractivity (Wildman–Crippen MR) is 121 cm³/mol. The van der Waals surface area contributed by atoms with Gasteiger partial charge in [-0.15, -0.1) is 0 Å². The van der Waals surface area contributed by atoms with Gasteiger partial charge >= 0.3 is 0 Å². The molecule has 2 aromatic carbocycles. The maximum Gasteiger partial charge on any atom is 0.257 e. The van der Waals surface area contributed by atoms with Crippen molar-refractivity contribution in [2.45, 2.75) is 11.8 Å². The van der Waals surface area contributed by atoms with Crippen molar-refractivity contribution >= 4 is 15.9 Å². The first kappa shape index (κ1) is 21.5. The predicted octanol–water partition coefficient (Wildman–Crippen LogP) is 2.30. The first-order valence-corrected chi connectivity index (χ1v) is 12.2. The molecular formula is C23H24N4O5S. The van der Waals surface area contributed by atoms with E-state index in [4.69, 9.17) is 9.47 Å². The molecule has 1 saturated heterocycles. The summed E-state index contributed by atoms with van der Waals surface area (Å²) >= 11 is 0. The number of carbonyl (C=O) groups excluding carboxylic acids is 1. The van der Waals surface area contributed by atoms with E-state index in [1.165, 1.54) is 10.5 Å². The second kappa shape index (κ2) is 8.53. The highest BCUT2D eigenvalue weighted by Gasteiger charge is 2.31. The Kier molecular flexibility index (Phi) is 5.55. The molecule has 0 radical (unpaired) electrons. The van der Waals surface area contributed by atoms with Crippen molar-refractivity contribution < 1.29 is 22.7 Å². The van der Waals surface area contributed by atoms with Gasteiger partial charge in [-0.2, -0.15) is 9.40 Å². The number of hydrogen-bond donors (Lipinski definition) is 1. The molecule has 10 heteroatoms. The molecule has 0 spiro atoms. The summed E-state index contributed by atoms with van der Waals surface area (Å²) in [4.78, 5) is 15.2. The Morgan fingerprint density at radius 2 is 1.67 bits per heavy atom. The molecule has 0 aliphatic carbocycles. The van der Waals surface area contributed by atoms with E-state index in [9.17, 15) is 13.2 Å². The molecule has 1 fully saturated rings. The Bertz CT molecular complexity index is 1280. The minimum absolute atomic E-state index is 0.193. The maximum atomic E-state index is 13.2. The van der Waals surface area contributed by atoms with Gasteiger partial charge in [0.25, 0.3) is 5.91 Å². The molecule has 2 aliphatic rings. The molecule has 0 bridgehead atoms. The third kappa shape index (κ3) is 4.07. The van der Waals surface area contributed by atoms with Gasteiger partial charge in [0, 0.05) is 31.7 Å². The number of rotatable bonds is 4. The van der Waals surface area contributed by atoms with E-state index < -0.39 is 10.0 Å². The van der Waals surface area contributed by atoms with Crippen molar-refractivity contribution in [3.63, 3.8) is 0 Å². The summed E-state index contributed by atoms with van der Waals surface area (Å²) in [5, 5.41) is 6.98. The van der Waals surface area contributed by atoms with Gasteiger partial charge in [-0.25, -0.2) is 8.42 Å². The quantitative estimate of drug-likeness (QED) is 0.630. The molecule has 33 heavy (non-hydrogen) atoms. The largest absolute Gasteiger partial charge is 0.486 e. The van der Waals surface area contributed by atoms with Gasteiger partial charge in [0.2, 0.25) is 10.0 Å². The second-order valence-electron chi connectivity index (χ2n) is 8.03. The third-order valence-corrected chi connectivity index (χ3v) is 7.80. The van der Waals surface area contributed by atoms with Crippen LogP contribution in [0.25, 0.3) is 11.3 Å². The highest BCUT2D eigenvalue weighted by atomic mass is 32.2. The number of aryl methyl sites for hydroxylation is 1. The average Bonchev–Trinajstić information content (AvgIpc) is 3.34. The molecule has 1 aromatic heterocycles. The van der Waals surface area contributed by atoms with Gasteiger partial charge in [-0.1, -0.05) is 17.7 Å². The minimum atomic E-state index is -3.59. The van der Waals surface area contributed by atoms with Gasteiger partial charge in [-0.3, -0.25) is 9.89 Å². The molecule has 0 unspecified atom stereocenters. The Balaban J connectivity index is 1.31. The smallest absolute Gasteiger partial charge is 0.257 e. The Morgan fingerprint density at radius 3 is 2.39 bits per heavy atom. The summed E-state index contributed by atoms with van der Waals surface area (Å²) < 4.78 is 38.5. The summed E-state index contributed by atoms with van der Waals surface area (Å²) in [6.07, 6.45) is 1.50. The molecule has 1 N–H and O–H groups in total. The molecule has 2 aliphatic heterocycles. The van der Waals surface area contributed by atoms with E-state index in [-0.39, 0.29) is 23.9 Å². The number of nitrogens with zero attached hydrogens (tertiary/aromatic N) is 3. The first-order chi connectivity index (χ1) is 15.9. The van der Waals surface area contributed by atoms with Crippen LogP contribution in [0.4, 0.5) is 0 Å². The molecule has 5 rings (SSSR count). The van der Waals surface area contributed by atoms with E-state index in [0.29, 0.717) is 49.1 Å². The number of nitrogens with one attached hydrogen (secondary N) is 1. The highest BCUT2D eigenvalue weighted by Crippen LogP contribution is 2.35. The van der Waals surface area contributed by atoms with Crippen molar-refractivity contribution in [2.75, 3.05) is 39.4 Å². The number of aromatic amines is 1. The lowest BCUT2D eigenvalue weighted by Gasteiger charge is -2.34. The summed E-state index contributed by atoms with van der Waals surface area (Å²) in [5.74, 6) is 1.10. The van der Waals surface area contributed by atoms with Gasteiger partial charge in [0.1, 0.15) is 13.2 Å². The summed E-state index contributed by atoms with van der Waals surface area (Å²) in [6.45, 7) is 3.96. The topological polar surface area (TPSA) is 105 Å². The number of fused-ring (bicyclic) bond motifs is 1. The molecule has 0 saturated carbocycles. The number of benzene rings is 2. The average molecular weight is 469 g/mol. The molecule has 1 amide bonds. The number of hydrogen-bond acceptors (Lipinski definition) is 6. The monoisotopic (exact) mass is 468 g/mol. The van der Waals surface area contributed by atoms with E-state index in [1.807, 2.05) is 25.1 Å². The van der Waals surface area contributed by atoms with Crippen LogP contribution in [0.3, 0.4) is 0 Å². The lowest BCUT2D eigenvalue weighted by Crippen LogP contribution is -2.50. The fourth-order valence-electron chi connectivity index (χ4n) is 4.03. The summed E-state index contributed by atoms with van der Waals surface area (Å²) in [6, 6.07) is 12.3. The number of piperazine rings is 1. The number of ether oxygens (including phenoxy) is 2. The van der Waals surface area contributed by atoms with Crippen LogP contribution >= 0.6 is 0 Å². The van der Waals surface area contributed by atoms with Gasteiger partial charge in [0.05, 0.1) is 22.3 Å². The van der Waals surface area contributed by atoms with Crippen LogP contribution in [0.1, 0.15) is 15.9 Å². The van der Waals surface area contributed by atoms with Crippen LogP contribution in [-0.2, 0) is 10.0 Å². The van der Waals surface area contributed by atoms with Crippen LogP contribution in [0, 0.1) is 6.92 Å². The Labute approximate surface area is 192 Å². The lowest BCUT2D eigenvalue weighted by atomic mass is 10.1. The number of aromatic nitrogens is 2. The summed E-state index contributed by atoms with van der Waals surface area (Å²) in [5.41, 5.74) is 2.78. The van der Waals surface area contributed by atoms with Gasteiger partial charge < -0.3 is 14.4 Å². The van der Waals surface area contributed by atoms with Crippen LogP contribution in [-0.4, -0.2) is 73.1 Å². The van der Waals surface area contributed by atoms with Crippen molar-refractivity contribution in [1.29, 1.82) is 0 Å². The van der Waals surface area contributed by atoms with E-state index in [0.717, 1.165) is 11.1 Å². The van der Waals surface area contributed by atoms with Gasteiger partial charge in [-0.05, 0) is 37.3 Å². The van der Waals surface area contributed by atoms with Crippen molar-refractivity contribution in [3.05, 3.63) is 59.8 Å². The van der Waals surface area contributed by atoms with Gasteiger partial charge in [0.15, 0.2) is 11.5 Å². The van der Waals surface area contributed by atoms with Crippen LogP contribution < -0.4 is 9.47 Å². The highest BCUT2D eigenvalue weighted by molar-refractivity contribution is 7.89. The Hall–Kier alpha value is -3.37. The molecule has 3 aromatic rings. The zero-order valence-electron chi connectivity index (χ0n) is 18.2. The molecular weight excluding hydrogens is 444 g/mol. The minimum Gasteiger partial charge on any atom is -0.486 e. The van der Waals surface area contributed by atoms with Crippen molar-refractivity contribution in [3.8, 4) is 22.8 Å². The van der Waals surface area contributed by atoms with Crippen LogP contribution in [0.2, 0.25) is 0 Å². The molecule has 172 valence electrons. The summed E-state index contributed by atoms with van der Waals surface area (Å²) in [7, 11) is -3.59. The Morgan fingerprint density at radius 1 is 0.970 bits per heavy atom. The molecule has 0 atom stereocenters. The van der Waals surface area contributed by atoms with Crippen LogP contribution in [0.5, 0.6) is 11.5 Å². The standard InChI is InChI=1S/C23H24N4O5S/c1-16-2-5-18(6-3-16)33(29,30)27-10-8-26(9-11-27)23(28)19-15-24-25-22(19)17-4-7-20-21(14-17)32-13-12-31-20/h2-7,14-15H,8-13H2,1H3,(H,24,25). The fraction of sp³-hybridized carbons (Fsp3) is 0.304. The van der Waals surface area contributed by atoms with E-state index in [1.54, 1.807) is 29.2 Å². The fourth-order valence-corrected chi connectivity index (χ4v) is 5.45. The zero-order valence-corrected chi connectivity index (χ0v) is 19.0. The van der Waals surface area contributed by atoms with E-state index in [2.05, 4.69) is 10.2 Å². The first-order valence-electron chi connectivity index (χ1n) is 10.7.